The van der Waals surface area contributed by atoms with Crippen molar-refractivity contribution in [2.75, 3.05) is 5.32 Å². The maximum atomic E-state index is 12.1. The average Bonchev–Trinajstić information content (AvgIpc) is 2.77. The van der Waals surface area contributed by atoms with Gasteiger partial charge in [0.15, 0.2) is 5.82 Å². The van der Waals surface area contributed by atoms with E-state index in [1.54, 1.807) is 43.9 Å². The number of nitrogens with one attached hydrogen (secondary N) is 1. The van der Waals surface area contributed by atoms with Gasteiger partial charge in [0, 0.05) is 25.0 Å². The molecule has 2 aromatic rings. The van der Waals surface area contributed by atoms with Crippen LogP contribution in [0.25, 0.3) is 0 Å². The molecule has 0 aromatic carbocycles. The Morgan fingerprint density at radius 1 is 1.47 bits per heavy atom. The summed E-state index contributed by atoms with van der Waals surface area (Å²) in [6, 6.07) is 5.41. The molecular formula is C13H13N5O. The molecule has 0 bridgehead atoms. The number of anilines is 1. The average molecular weight is 255 g/mol. The summed E-state index contributed by atoms with van der Waals surface area (Å²) in [5.74, 6) is 0.0881. The van der Waals surface area contributed by atoms with E-state index in [4.69, 9.17) is 5.26 Å². The molecule has 6 heteroatoms. The Hall–Kier alpha value is -2.68. The van der Waals surface area contributed by atoms with E-state index < -0.39 is 0 Å². The molecule has 0 radical (unpaired) electrons. The summed E-state index contributed by atoms with van der Waals surface area (Å²) >= 11 is 0. The van der Waals surface area contributed by atoms with Crippen LogP contribution >= 0.6 is 0 Å². The summed E-state index contributed by atoms with van der Waals surface area (Å²) in [7, 11) is 1.76. The van der Waals surface area contributed by atoms with Crippen LogP contribution in [-0.4, -0.2) is 20.7 Å². The highest BCUT2D eigenvalue weighted by molar-refractivity contribution is 6.03. The van der Waals surface area contributed by atoms with Crippen molar-refractivity contribution >= 4 is 11.7 Å². The number of amides is 1. The molecule has 1 N–H and O–H groups in total. The number of hydrogen-bond acceptors (Lipinski definition) is 4. The van der Waals surface area contributed by atoms with Gasteiger partial charge < -0.3 is 5.32 Å². The van der Waals surface area contributed by atoms with Gasteiger partial charge in [-0.2, -0.15) is 10.4 Å². The van der Waals surface area contributed by atoms with Crippen LogP contribution in [0.1, 0.15) is 27.3 Å². The Morgan fingerprint density at radius 3 is 2.79 bits per heavy atom. The second-order valence-electron chi connectivity index (χ2n) is 4.23. The van der Waals surface area contributed by atoms with Crippen molar-refractivity contribution in [2.45, 2.75) is 13.8 Å². The van der Waals surface area contributed by atoms with Crippen molar-refractivity contribution in [3.63, 3.8) is 0 Å². The zero-order valence-electron chi connectivity index (χ0n) is 10.9. The van der Waals surface area contributed by atoms with E-state index in [0.29, 0.717) is 22.6 Å². The first-order chi connectivity index (χ1) is 9.01. The van der Waals surface area contributed by atoms with E-state index in [0.717, 1.165) is 0 Å². The third-order valence-electron chi connectivity index (χ3n) is 2.69. The lowest BCUT2D eigenvalue weighted by atomic mass is 10.1. The van der Waals surface area contributed by atoms with E-state index in [1.165, 1.54) is 0 Å². The molecule has 0 aliphatic carbocycles. The van der Waals surface area contributed by atoms with Crippen molar-refractivity contribution in [2.24, 2.45) is 7.05 Å². The Bertz CT molecular complexity index is 681. The largest absolute Gasteiger partial charge is 0.304 e. The first kappa shape index (κ1) is 12.8. The molecule has 0 spiro atoms. The van der Waals surface area contributed by atoms with Gasteiger partial charge in [-0.15, -0.1) is 0 Å². The number of rotatable bonds is 2. The number of nitriles is 1. The topological polar surface area (TPSA) is 83.6 Å². The minimum atomic E-state index is -0.364. The molecule has 2 aromatic heterocycles. The van der Waals surface area contributed by atoms with Crippen LogP contribution < -0.4 is 5.32 Å². The number of carbonyl (C=O) groups is 1. The maximum absolute atomic E-state index is 12.1. The zero-order valence-corrected chi connectivity index (χ0v) is 10.9. The molecule has 1 amide bonds. The summed E-state index contributed by atoms with van der Waals surface area (Å²) in [6.45, 7) is 3.45. The van der Waals surface area contributed by atoms with Crippen LogP contribution in [0.4, 0.5) is 5.82 Å². The highest BCUT2D eigenvalue weighted by Crippen LogP contribution is 2.14. The van der Waals surface area contributed by atoms with Gasteiger partial charge >= 0.3 is 0 Å². The Morgan fingerprint density at radius 2 is 2.21 bits per heavy atom. The van der Waals surface area contributed by atoms with Gasteiger partial charge in [0.05, 0.1) is 11.6 Å². The van der Waals surface area contributed by atoms with Crippen molar-refractivity contribution in [3.05, 3.63) is 40.8 Å². The van der Waals surface area contributed by atoms with Crippen LogP contribution in [-0.2, 0) is 7.05 Å². The van der Waals surface area contributed by atoms with Gasteiger partial charge in [0.1, 0.15) is 5.69 Å². The highest BCUT2D eigenvalue weighted by atomic mass is 16.2. The van der Waals surface area contributed by atoms with Crippen LogP contribution in [0, 0.1) is 25.2 Å². The first-order valence-corrected chi connectivity index (χ1v) is 5.70. The smallest absolute Gasteiger partial charge is 0.275 e. The van der Waals surface area contributed by atoms with E-state index in [9.17, 15) is 4.79 Å². The van der Waals surface area contributed by atoms with Crippen LogP contribution in [0.3, 0.4) is 0 Å². The molecule has 19 heavy (non-hydrogen) atoms. The fourth-order valence-corrected chi connectivity index (χ4v) is 1.73. The zero-order chi connectivity index (χ0) is 14.0. The number of carbonyl (C=O) groups excluding carboxylic acids is 1. The van der Waals surface area contributed by atoms with Gasteiger partial charge in [0.25, 0.3) is 5.91 Å². The van der Waals surface area contributed by atoms with E-state index in [1.807, 2.05) is 0 Å². The first-order valence-electron chi connectivity index (χ1n) is 5.70. The number of aryl methyl sites for hydroxylation is 2. The molecule has 0 saturated carbocycles. The normalized spacial score (nSPS) is 10.0. The molecule has 0 fully saturated rings. The summed E-state index contributed by atoms with van der Waals surface area (Å²) < 4.78 is 1.59. The second-order valence-corrected chi connectivity index (χ2v) is 4.23. The van der Waals surface area contributed by atoms with E-state index in [-0.39, 0.29) is 11.6 Å². The van der Waals surface area contributed by atoms with E-state index >= 15 is 0 Å². The van der Waals surface area contributed by atoms with Gasteiger partial charge in [-0.05, 0) is 25.5 Å². The monoisotopic (exact) mass is 255 g/mol. The van der Waals surface area contributed by atoms with Crippen molar-refractivity contribution in [1.29, 1.82) is 5.26 Å². The molecule has 0 aliphatic rings. The predicted octanol–water partition coefficient (Wildman–Crippen LogP) is 1.56. The number of hydrogen-bond donors (Lipinski definition) is 1. The fourth-order valence-electron chi connectivity index (χ4n) is 1.73. The lowest BCUT2D eigenvalue weighted by Crippen LogP contribution is -2.17. The van der Waals surface area contributed by atoms with Crippen LogP contribution in [0.2, 0.25) is 0 Å². The molecule has 2 rings (SSSR count). The van der Waals surface area contributed by atoms with Crippen LogP contribution in [0.15, 0.2) is 18.3 Å². The molecule has 0 saturated heterocycles. The molecule has 0 atom stereocenters. The highest BCUT2D eigenvalue weighted by Gasteiger charge is 2.15. The number of aromatic nitrogens is 3. The van der Waals surface area contributed by atoms with Gasteiger partial charge in [-0.1, -0.05) is 0 Å². The third-order valence-corrected chi connectivity index (χ3v) is 2.69. The third kappa shape index (κ3) is 2.60. The van der Waals surface area contributed by atoms with Gasteiger partial charge in [-0.25, -0.2) is 4.98 Å². The van der Waals surface area contributed by atoms with E-state index in [2.05, 4.69) is 21.5 Å². The lowest BCUT2D eigenvalue weighted by Gasteiger charge is -2.07. The molecule has 0 aliphatic heterocycles. The van der Waals surface area contributed by atoms with Crippen molar-refractivity contribution < 1.29 is 4.79 Å². The molecule has 2 heterocycles. The van der Waals surface area contributed by atoms with Crippen molar-refractivity contribution in [1.82, 2.24) is 14.8 Å². The molecule has 96 valence electrons. The van der Waals surface area contributed by atoms with Crippen molar-refractivity contribution in [3.8, 4) is 6.07 Å². The Balaban J connectivity index is 2.34. The van der Waals surface area contributed by atoms with Gasteiger partial charge in [-0.3, -0.25) is 9.48 Å². The SMILES string of the molecule is Cc1cc(C#N)c(C)c(C(=O)Nc2ccn(C)n2)n1. The maximum Gasteiger partial charge on any atom is 0.275 e. The Labute approximate surface area is 110 Å². The number of nitrogens with zero attached hydrogens (tertiary/aromatic N) is 4. The van der Waals surface area contributed by atoms with Crippen LogP contribution in [0.5, 0.6) is 0 Å². The fraction of sp³-hybridized carbons (Fsp3) is 0.231. The van der Waals surface area contributed by atoms with Gasteiger partial charge in [0.2, 0.25) is 0 Å². The lowest BCUT2D eigenvalue weighted by molar-refractivity contribution is 0.102. The molecular weight excluding hydrogens is 242 g/mol. The Kier molecular flexibility index (Phi) is 3.29. The summed E-state index contributed by atoms with van der Waals surface area (Å²) in [4.78, 5) is 16.3. The quantitative estimate of drug-likeness (QED) is 0.882. The number of pyridine rings is 1. The summed E-state index contributed by atoms with van der Waals surface area (Å²) in [5, 5.41) is 15.7. The standard InChI is InChI=1S/C13H13N5O/c1-8-6-10(7-14)9(2)12(15-8)13(19)16-11-4-5-18(3)17-11/h4-6H,1-3H3,(H,16,17,19). The summed E-state index contributed by atoms with van der Waals surface area (Å²) in [6.07, 6.45) is 1.73. The predicted molar refractivity (Wildman–Crippen MR) is 69.6 cm³/mol. The molecule has 6 nitrogen and oxygen atoms in total. The minimum absolute atomic E-state index is 0.252. The minimum Gasteiger partial charge on any atom is -0.304 e. The summed E-state index contributed by atoms with van der Waals surface area (Å²) in [5.41, 5.74) is 1.91. The molecule has 0 unspecified atom stereocenters. The second kappa shape index (κ2) is 4.90.